The highest BCUT2D eigenvalue weighted by atomic mass is 16.5. The summed E-state index contributed by atoms with van der Waals surface area (Å²) in [6.45, 7) is 0. The molecule has 1 aromatic rings. The Kier molecular flexibility index (Phi) is 3.49. The minimum absolute atomic E-state index is 0.111. The van der Waals surface area contributed by atoms with Crippen LogP contribution in [0.2, 0.25) is 0 Å². The average Bonchev–Trinajstić information content (AvgIpc) is 2.75. The molecule has 2 nitrogen and oxygen atoms in total. The molecule has 0 atom stereocenters. The summed E-state index contributed by atoms with van der Waals surface area (Å²) >= 11 is 0. The van der Waals surface area contributed by atoms with E-state index in [-0.39, 0.29) is 5.54 Å². The van der Waals surface area contributed by atoms with Gasteiger partial charge in [-0.2, -0.15) is 0 Å². The lowest BCUT2D eigenvalue weighted by Crippen LogP contribution is -2.36. The van der Waals surface area contributed by atoms with Gasteiger partial charge < -0.3 is 10.5 Å². The molecule has 0 spiro atoms. The van der Waals surface area contributed by atoms with Gasteiger partial charge in [0, 0.05) is 5.54 Å². The molecule has 0 bridgehead atoms. The summed E-state index contributed by atoms with van der Waals surface area (Å²) in [5, 5.41) is 0. The van der Waals surface area contributed by atoms with Gasteiger partial charge in [-0.3, -0.25) is 0 Å². The fourth-order valence-corrected chi connectivity index (χ4v) is 2.51. The van der Waals surface area contributed by atoms with E-state index in [1.165, 1.54) is 31.2 Å². The molecular weight excluding hydrogens is 198 g/mol. The first kappa shape index (κ1) is 11.5. The first-order chi connectivity index (χ1) is 7.72. The standard InChI is InChI=1S/C14H21NO/c1-16-13-6-4-12(5-7-13)8-11-14(15)9-2-3-10-14/h4-7H,2-3,8-11,15H2,1H3. The number of hydrogen-bond donors (Lipinski definition) is 1. The van der Waals surface area contributed by atoms with Crippen molar-refractivity contribution < 1.29 is 4.74 Å². The fourth-order valence-electron chi connectivity index (χ4n) is 2.51. The van der Waals surface area contributed by atoms with Crippen LogP contribution in [0.15, 0.2) is 24.3 Å². The minimum Gasteiger partial charge on any atom is -0.497 e. The number of nitrogens with two attached hydrogens (primary N) is 1. The number of aryl methyl sites for hydroxylation is 1. The zero-order valence-electron chi connectivity index (χ0n) is 10.0. The van der Waals surface area contributed by atoms with Crippen LogP contribution < -0.4 is 10.5 Å². The molecule has 0 radical (unpaired) electrons. The maximum Gasteiger partial charge on any atom is 0.118 e. The van der Waals surface area contributed by atoms with Gasteiger partial charge >= 0.3 is 0 Å². The Hall–Kier alpha value is -1.02. The Morgan fingerprint density at radius 3 is 2.38 bits per heavy atom. The van der Waals surface area contributed by atoms with E-state index < -0.39 is 0 Å². The van der Waals surface area contributed by atoms with Gasteiger partial charge in [0.15, 0.2) is 0 Å². The summed E-state index contributed by atoms with van der Waals surface area (Å²) in [5.74, 6) is 0.923. The van der Waals surface area contributed by atoms with Crippen LogP contribution in [0.25, 0.3) is 0 Å². The molecule has 1 aliphatic rings. The minimum atomic E-state index is 0.111. The van der Waals surface area contributed by atoms with Crippen LogP contribution in [0.5, 0.6) is 5.75 Å². The first-order valence-electron chi connectivity index (χ1n) is 6.14. The molecule has 0 heterocycles. The summed E-state index contributed by atoms with van der Waals surface area (Å²) < 4.78 is 5.14. The Balaban J connectivity index is 1.89. The molecule has 1 saturated carbocycles. The lowest BCUT2D eigenvalue weighted by molar-refractivity contribution is 0.404. The number of rotatable bonds is 4. The zero-order valence-corrected chi connectivity index (χ0v) is 10.0. The lowest BCUT2D eigenvalue weighted by Gasteiger charge is -2.23. The van der Waals surface area contributed by atoms with Crippen LogP contribution in [0.3, 0.4) is 0 Å². The molecule has 1 aromatic carbocycles. The molecule has 0 amide bonds. The third kappa shape index (κ3) is 2.76. The summed E-state index contributed by atoms with van der Waals surface area (Å²) in [5.41, 5.74) is 7.81. The van der Waals surface area contributed by atoms with Crippen LogP contribution in [-0.2, 0) is 6.42 Å². The van der Waals surface area contributed by atoms with Crippen LogP contribution in [0.4, 0.5) is 0 Å². The Labute approximate surface area is 97.8 Å². The van der Waals surface area contributed by atoms with Gasteiger partial charge in [-0.1, -0.05) is 25.0 Å². The van der Waals surface area contributed by atoms with E-state index in [1.807, 2.05) is 12.1 Å². The van der Waals surface area contributed by atoms with E-state index in [2.05, 4.69) is 12.1 Å². The number of hydrogen-bond acceptors (Lipinski definition) is 2. The highest BCUT2D eigenvalue weighted by molar-refractivity contribution is 5.27. The maximum absolute atomic E-state index is 6.34. The van der Waals surface area contributed by atoms with E-state index in [1.54, 1.807) is 7.11 Å². The topological polar surface area (TPSA) is 35.2 Å². The van der Waals surface area contributed by atoms with E-state index in [0.29, 0.717) is 0 Å². The van der Waals surface area contributed by atoms with Gasteiger partial charge in [-0.05, 0) is 43.4 Å². The molecular formula is C14H21NO. The van der Waals surface area contributed by atoms with Gasteiger partial charge in [0.05, 0.1) is 7.11 Å². The van der Waals surface area contributed by atoms with Crippen LogP contribution in [0.1, 0.15) is 37.7 Å². The van der Waals surface area contributed by atoms with Gasteiger partial charge in [0.25, 0.3) is 0 Å². The monoisotopic (exact) mass is 219 g/mol. The number of methoxy groups -OCH3 is 1. The van der Waals surface area contributed by atoms with Gasteiger partial charge in [-0.25, -0.2) is 0 Å². The SMILES string of the molecule is COc1ccc(CCC2(N)CCCC2)cc1. The van der Waals surface area contributed by atoms with E-state index in [4.69, 9.17) is 10.5 Å². The Bertz CT molecular complexity index is 325. The van der Waals surface area contributed by atoms with E-state index in [9.17, 15) is 0 Å². The maximum atomic E-state index is 6.34. The molecule has 0 unspecified atom stereocenters. The molecule has 0 aromatic heterocycles. The molecule has 1 aliphatic carbocycles. The van der Waals surface area contributed by atoms with Crippen molar-refractivity contribution in [3.05, 3.63) is 29.8 Å². The smallest absolute Gasteiger partial charge is 0.118 e. The predicted octanol–water partition coefficient (Wildman–Crippen LogP) is 2.90. The van der Waals surface area contributed by atoms with Crippen molar-refractivity contribution >= 4 is 0 Å². The van der Waals surface area contributed by atoms with Gasteiger partial charge in [-0.15, -0.1) is 0 Å². The van der Waals surface area contributed by atoms with Crippen molar-refractivity contribution in [2.24, 2.45) is 5.73 Å². The zero-order chi connectivity index (χ0) is 11.4. The second-order valence-electron chi connectivity index (χ2n) is 4.92. The third-order valence-electron chi connectivity index (χ3n) is 3.67. The first-order valence-corrected chi connectivity index (χ1v) is 6.14. The van der Waals surface area contributed by atoms with Crippen LogP contribution >= 0.6 is 0 Å². The summed E-state index contributed by atoms with van der Waals surface area (Å²) in [7, 11) is 1.70. The quantitative estimate of drug-likeness (QED) is 0.845. The molecule has 2 heteroatoms. The van der Waals surface area contributed by atoms with Crippen LogP contribution in [0, 0.1) is 0 Å². The van der Waals surface area contributed by atoms with E-state index in [0.717, 1.165) is 18.6 Å². The molecule has 16 heavy (non-hydrogen) atoms. The van der Waals surface area contributed by atoms with Crippen molar-refractivity contribution in [2.45, 2.75) is 44.1 Å². The molecule has 1 fully saturated rings. The summed E-state index contributed by atoms with van der Waals surface area (Å²) in [6.07, 6.45) is 7.20. The van der Waals surface area contributed by atoms with Crippen molar-refractivity contribution in [2.75, 3.05) is 7.11 Å². The number of benzene rings is 1. The Morgan fingerprint density at radius 1 is 1.19 bits per heavy atom. The van der Waals surface area contributed by atoms with E-state index >= 15 is 0 Å². The normalized spacial score (nSPS) is 18.6. The highest BCUT2D eigenvalue weighted by Gasteiger charge is 2.28. The van der Waals surface area contributed by atoms with Crippen molar-refractivity contribution in [3.8, 4) is 5.75 Å². The molecule has 2 N–H and O–H groups in total. The van der Waals surface area contributed by atoms with Crippen molar-refractivity contribution in [1.29, 1.82) is 0 Å². The van der Waals surface area contributed by atoms with Crippen LogP contribution in [-0.4, -0.2) is 12.6 Å². The lowest BCUT2D eigenvalue weighted by atomic mass is 9.91. The van der Waals surface area contributed by atoms with Crippen molar-refractivity contribution in [3.63, 3.8) is 0 Å². The summed E-state index contributed by atoms with van der Waals surface area (Å²) in [6, 6.07) is 8.31. The summed E-state index contributed by atoms with van der Waals surface area (Å²) in [4.78, 5) is 0. The molecule has 0 saturated heterocycles. The number of ether oxygens (including phenoxy) is 1. The van der Waals surface area contributed by atoms with Gasteiger partial charge in [0.1, 0.15) is 5.75 Å². The second-order valence-corrected chi connectivity index (χ2v) is 4.92. The van der Waals surface area contributed by atoms with Crippen molar-refractivity contribution in [1.82, 2.24) is 0 Å². The van der Waals surface area contributed by atoms with Gasteiger partial charge in [0.2, 0.25) is 0 Å². The highest BCUT2D eigenvalue weighted by Crippen LogP contribution is 2.31. The fraction of sp³-hybridized carbons (Fsp3) is 0.571. The average molecular weight is 219 g/mol. The Morgan fingerprint density at radius 2 is 1.81 bits per heavy atom. The molecule has 2 rings (SSSR count). The molecule has 88 valence electrons. The largest absolute Gasteiger partial charge is 0.497 e. The third-order valence-corrected chi connectivity index (χ3v) is 3.67. The molecule has 0 aliphatic heterocycles. The second kappa shape index (κ2) is 4.88. The predicted molar refractivity (Wildman–Crippen MR) is 66.7 cm³/mol.